The first-order chi connectivity index (χ1) is 7.77. The van der Waals surface area contributed by atoms with Crippen LogP contribution in [0.3, 0.4) is 0 Å². The number of nitrogens with one attached hydrogen (secondary N) is 1. The first-order valence-electron chi connectivity index (χ1n) is 5.10. The fraction of sp³-hybridized carbons (Fsp3) is 0.167. The van der Waals surface area contributed by atoms with Crippen molar-refractivity contribution in [3.05, 3.63) is 39.6 Å². The van der Waals surface area contributed by atoms with Gasteiger partial charge in [0.25, 0.3) is 11.8 Å². The van der Waals surface area contributed by atoms with Crippen LogP contribution in [0.1, 0.15) is 17.7 Å². The summed E-state index contributed by atoms with van der Waals surface area (Å²) in [5, 5.41) is 4.28. The Labute approximate surface area is 96.5 Å². The van der Waals surface area contributed by atoms with Gasteiger partial charge >= 0.3 is 0 Å². The van der Waals surface area contributed by atoms with Gasteiger partial charge in [-0.3, -0.25) is 14.9 Å². The zero-order valence-corrected chi connectivity index (χ0v) is 9.26. The van der Waals surface area contributed by atoms with E-state index in [0.717, 1.165) is 23.3 Å². The van der Waals surface area contributed by atoms with Crippen molar-refractivity contribution in [2.45, 2.75) is 12.8 Å². The van der Waals surface area contributed by atoms with E-state index in [2.05, 4.69) is 5.32 Å². The molecule has 0 fully saturated rings. The van der Waals surface area contributed by atoms with E-state index in [1.54, 1.807) is 0 Å². The first kappa shape index (κ1) is 9.54. The summed E-state index contributed by atoms with van der Waals surface area (Å²) in [4.78, 5) is 24.3. The highest BCUT2D eigenvalue weighted by Crippen LogP contribution is 2.36. The molecule has 1 aromatic rings. The van der Waals surface area contributed by atoms with E-state index in [1.807, 2.05) is 23.6 Å². The summed E-state index contributed by atoms with van der Waals surface area (Å²) >= 11 is 1.48. The van der Waals surface area contributed by atoms with Gasteiger partial charge in [0, 0.05) is 4.88 Å². The molecule has 1 N–H and O–H groups in total. The average molecular weight is 231 g/mol. The molecule has 0 radical (unpaired) electrons. The third-order valence-corrected chi connectivity index (χ3v) is 3.71. The molecule has 80 valence electrons. The van der Waals surface area contributed by atoms with Crippen LogP contribution in [0.5, 0.6) is 0 Å². The SMILES string of the molecule is O=C1NC(=O)C(c2cccs2)=C1C1=CCC1. The van der Waals surface area contributed by atoms with E-state index >= 15 is 0 Å². The Balaban J connectivity index is 2.19. The molecule has 0 saturated heterocycles. The monoisotopic (exact) mass is 231 g/mol. The molecule has 0 spiro atoms. The van der Waals surface area contributed by atoms with Crippen LogP contribution >= 0.6 is 11.3 Å². The standard InChI is InChI=1S/C12H9NO2S/c14-11-9(7-3-1-4-7)10(12(15)13-11)8-5-2-6-16-8/h2-3,5-6H,1,4H2,(H,13,14,15). The molecule has 0 aromatic carbocycles. The summed E-state index contributed by atoms with van der Waals surface area (Å²) in [5.74, 6) is -0.519. The van der Waals surface area contributed by atoms with Gasteiger partial charge in [-0.05, 0) is 29.9 Å². The van der Waals surface area contributed by atoms with Crippen molar-refractivity contribution in [3.8, 4) is 0 Å². The second kappa shape index (κ2) is 3.42. The molecule has 2 heterocycles. The van der Waals surface area contributed by atoms with Crippen molar-refractivity contribution < 1.29 is 9.59 Å². The van der Waals surface area contributed by atoms with Crippen LogP contribution in [0.15, 0.2) is 34.7 Å². The van der Waals surface area contributed by atoms with Gasteiger partial charge < -0.3 is 0 Å². The van der Waals surface area contributed by atoms with Crippen molar-refractivity contribution in [3.63, 3.8) is 0 Å². The molecule has 4 heteroatoms. The van der Waals surface area contributed by atoms with Crippen molar-refractivity contribution in [1.29, 1.82) is 0 Å². The zero-order chi connectivity index (χ0) is 11.1. The number of hydrogen-bond donors (Lipinski definition) is 1. The van der Waals surface area contributed by atoms with Crippen LogP contribution in [-0.4, -0.2) is 11.8 Å². The summed E-state index contributed by atoms with van der Waals surface area (Å²) in [7, 11) is 0. The van der Waals surface area contributed by atoms with Gasteiger partial charge in [0.05, 0.1) is 11.1 Å². The molecule has 2 aliphatic rings. The van der Waals surface area contributed by atoms with Crippen LogP contribution in [0.4, 0.5) is 0 Å². The van der Waals surface area contributed by atoms with Crippen molar-refractivity contribution in [1.82, 2.24) is 5.32 Å². The third-order valence-electron chi connectivity index (χ3n) is 2.82. The van der Waals surface area contributed by atoms with Gasteiger partial charge in [0.2, 0.25) is 0 Å². The second-order valence-corrected chi connectivity index (χ2v) is 4.73. The fourth-order valence-electron chi connectivity index (χ4n) is 1.93. The number of allylic oxidation sites excluding steroid dienone is 1. The number of thiophene rings is 1. The quantitative estimate of drug-likeness (QED) is 0.790. The molecule has 0 atom stereocenters. The van der Waals surface area contributed by atoms with E-state index in [0.29, 0.717) is 11.1 Å². The lowest BCUT2D eigenvalue weighted by Crippen LogP contribution is -2.23. The maximum absolute atomic E-state index is 11.7. The molecule has 1 aromatic heterocycles. The highest BCUT2D eigenvalue weighted by atomic mass is 32.1. The van der Waals surface area contributed by atoms with Gasteiger partial charge in [0.1, 0.15) is 0 Å². The van der Waals surface area contributed by atoms with Crippen molar-refractivity contribution in [2.75, 3.05) is 0 Å². The molecule has 3 nitrogen and oxygen atoms in total. The molecule has 16 heavy (non-hydrogen) atoms. The smallest absolute Gasteiger partial charge is 0.260 e. The van der Waals surface area contributed by atoms with Gasteiger partial charge in [-0.25, -0.2) is 0 Å². The Bertz CT molecular complexity index is 537. The summed E-state index contributed by atoms with van der Waals surface area (Å²) in [5.41, 5.74) is 2.14. The van der Waals surface area contributed by atoms with E-state index in [9.17, 15) is 9.59 Å². The maximum Gasteiger partial charge on any atom is 0.260 e. The van der Waals surface area contributed by atoms with E-state index in [4.69, 9.17) is 0 Å². The van der Waals surface area contributed by atoms with E-state index in [1.165, 1.54) is 11.3 Å². The van der Waals surface area contributed by atoms with E-state index in [-0.39, 0.29) is 11.8 Å². The van der Waals surface area contributed by atoms with Crippen molar-refractivity contribution >= 4 is 28.7 Å². The Hall–Kier alpha value is -1.68. The Morgan fingerprint density at radius 3 is 2.50 bits per heavy atom. The lowest BCUT2D eigenvalue weighted by Gasteiger charge is -2.14. The highest BCUT2D eigenvalue weighted by molar-refractivity contribution is 7.11. The lowest BCUT2D eigenvalue weighted by molar-refractivity contribution is -0.123. The normalized spacial score (nSPS) is 19.6. The first-order valence-corrected chi connectivity index (χ1v) is 5.98. The largest absolute Gasteiger partial charge is 0.288 e. The molecular weight excluding hydrogens is 222 g/mol. The predicted octanol–water partition coefficient (Wildman–Crippen LogP) is 1.88. The van der Waals surface area contributed by atoms with Crippen LogP contribution in [0.2, 0.25) is 0 Å². The maximum atomic E-state index is 11.7. The molecular formula is C12H9NO2S. The van der Waals surface area contributed by atoms with Gasteiger partial charge in [-0.2, -0.15) is 0 Å². The minimum absolute atomic E-state index is 0.251. The molecule has 0 bridgehead atoms. The summed E-state index contributed by atoms with van der Waals surface area (Å²) in [6, 6.07) is 3.76. The number of amides is 2. The highest BCUT2D eigenvalue weighted by Gasteiger charge is 2.34. The predicted molar refractivity (Wildman–Crippen MR) is 61.7 cm³/mol. The number of imide groups is 1. The number of hydrogen-bond acceptors (Lipinski definition) is 3. The summed E-state index contributed by atoms with van der Waals surface area (Å²) in [6.45, 7) is 0. The van der Waals surface area contributed by atoms with E-state index < -0.39 is 0 Å². The molecule has 0 unspecified atom stereocenters. The minimum Gasteiger partial charge on any atom is -0.288 e. The van der Waals surface area contributed by atoms with Gasteiger partial charge in [0.15, 0.2) is 0 Å². The Morgan fingerprint density at radius 2 is 1.94 bits per heavy atom. The van der Waals surface area contributed by atoms with Gasteiger partial charge in [-0.1, -0.05) is 12.1 Å². The lowest BCUT2D eigenvalue weighted by atomic mass is 9.89. The third kappa shape index (κ3) is 1.27. The van der Waals surface area contributed by atoms with Crippen LogP contribution in [0, 0.1) is 0 Å². The van der Waals surface area contributed by atoms with Crippen molar-refractivity contribution in [2.24, 2.45) is 0 Å². The average Bonchev–Trinajstić information content (AvgIpc) is 2.73. The Kier molecular flexibility index (Phi) is 2.04. The molecule has 1 aliphatic heterocycles. The molecule has 1 aliphatic carbocycles. The fourth-order valence-corrected chi connectivity index (χ4v) is 2.71. The van der Waals surface area contributed by atoms with Crippen LogP contribution in [0.25, 0.3) is 5.57 Å². The van der Waals surface area contributed by atoms with Crippen LogP contribution in [-0.2, 0) is 9.59 Å². The zero-order valence-electron chi connectivity index (χ0n) is 8.45. The topological polar surface area (TPSA) is 46.2 Å². The van der Waals surface area contributed by atoms with Gasteiger partial charge in [-0.15, -0.1) is 11.3 Å². The molecule has 0 saturated carbocycles. The second-order valence-electron chi connectivity index (χ2n) is 3.78. The number of carbonyl (C=O) groups excluding carboxylic acids is 2. The summed E-state index contributed by atoms with van der Waals surface area (Å²) < 4.78 is 0. The van der Waals surface area contributed by atoms with Crippen LogP contribution < -0.4 is 5.32 Å². The number of carbonyl (C=O) groups is 2. The number of rotatable bonds is 2. The molecule has 3 rings (SSSR count). The Morgan fingerprint density at radius 1 is 1.19 bits per heavy atom. The minimum atomic E-state index is -0.268. The molecule has 2 amide bonds. The summed E-state index contributed by atoms with van der Waals surface area (Å²) in [6.07, 6.45) is 3.91.